The summed E-state index contributed by atoms with van der Waals surface area (Å²) in [6.07, 6.45) is 3.27. The topological polar surface area (TPSA) is 104 Å². The first-order valence-corrected chi connectivity index (χ1v) is 12.3. The molecule has 186 valence electrons. The van der Waals surface area contributed by atoms with Crippen LogP contribution in [0.4, 0.5) is 5.82 Å². The number of hydrogen-bond donors (Lipinski definition) is 4. The smallest absolute Gasteiger partial charge is 0.325 e. The number of pyridine rings is 1. The molecule has 0 bridgehead atoms. The predicted octanol–water partition coefficient (Wildman–Crippen LogP) is 3.71. The van der Waals surface area contributed by atoms with Gasteiger partial charge in [0.25, 0.3) is 5.91 Å². The number of thiocarbonyl (C=S) groups is 1. The third-order valence-electron chi connectivity index (χ3n) is 5.77. The van der Waals surface area contributed by atoms with Crippen molar-refractivity contribution in [2.75, 3.05) is 18.6 Å². The van der Waals surface area contributed by atoms with Gasteiger partial charge in [0, 0.05) is 6.20 Å². The molecule has 3 aromatic rings. The first-order chi connectivity index (χ1) is 17.5. The molecule has 0 aliphatic heterocycles. The van der Waals surface area contributed by atoms with Crippen LogP contribution in [0.25, 0.3) is 0 Å². The molecule has 4 N–H and O–H groups in total. The van der Waals surface area contributed by atoms with E-state index in [4.69, 9.17) is 28.6 Å². The minimum atomic E-state index is -0.521. The average molecular weight is 524 g/mol. The molecule has 1 aliphatic carbocycles. The molecule has 36 heavy (non-hydrogen) atoms. The number of carbonyl (C=O) groups excluding carboxylic acids is 2. The number of anilines is 1. The molecule has 2 aromatic carbocycles. The monoisotopic (exact) mass is 523 g/mol. The number of nitrogens with one attached hydrogen (secondary N) is 4. The highest BCUT2D eigenvalue weighted by Crippen LogP contribution is 2.32. The first-order valence-electron chi connectivity index (χ1n) is 11.5. The van der Waals surface area contributed by atoms with Crippen LogP contribution in [0, 0.1) is 0 Å². The van der Waals surface area contributed by atoms with Crippen molar-refractivity contribution in [1.29, 1.82) is 0 Å². The Bertz CT molecular complexity index is 1240. The van der Waals surface area contributed by atoms with Crippen LogP contribution in [-0.2, 0) is 22.4 Å². The van der Waals surface area contributed by atoms with Crippen molar-refractivity contribution in [2.24, 2.45) is 0 Å². The van der Waals surface area contributed by atoms with Gasteiger partial charge in [0.1, 0.15) is 6.54 Å². The van der Waals surface area contributed by atoms with Crippen molar-refractivity contribution in [3.05, 3.63) is 93.6 Å². The zero-order valence-corrected chi connectivity index (χ0v) is 21.2. The molecular weight excluding hydrogens is 498 g/mol. The lowest BCUT2D eigenvalue weighted by Crippen LogP contribution is -2.41. The van der Waals surface area contributed by atoms with Crippen LogP contribution in [-0.4, -0.2) is 35.1 Å². The van der Waals surface area contributed by atoms with Gasteiger partial charge in [-0.15, -0.1) is 0 Å². The number of nitrogens with zero attached hydrogens (tertiary/aromatic N) is 1. The number of ether oxygens (including phenoxy) is 1. The van der Waals surface area contributed by atoms with Crippen LogP contribution in [0.15, 0.2) is 60.8 Å². The number of fused-ring (bicyclic) bond motifs is 2. The maximum Gasteiger partial charge on any atom is 0.325 e. The lowest BCUT2D eigenvalue weighted by Gasteiger charge is -2.24. The minimum Gasteiger partial charge on any atom is -0.465 e. The molecule has 10 heteroatoms. The van der Waals surface area contributed by atoms with Gasteiger partial charge >= 0.3 is 5.97 Å². The molecular formula is C26H26ClN5O3S. The summed E-state index contributed by atoms with van der Waals surface area (Å²) in [6.45, 7) is 1.70. The van der Waals surface area contributed by atoms with E-state index in [2.05, 4.69) is 62.9 Å². The Morgan fingerprint density at radius 2 is 1.72 bits per heavy atom. The van der Waals surface area contributed by atoms with Gasteiger partial charge in [0.15, 0.2) is 10.9 Å². The van der Waals surface area contributed by atoms with Gasteiger partial charge in [-0.3, -0.25) is 20.4 Å². The van der Waals surface area contributed by atoms with Gasteiger partial charge in [-0.25, -0.2) is 4.98 Å². The molecule has 1 aliphatic rings. The zero-order valence-electron chi connectivity index (χ0n) is 19.6. The van der Waals surface area contributed by atoms with Gasteiger partial charge in [-0.1, -0.05) is 60.1 Å². The van der Waals surface area contributed by atoms with Crippen LogP contribution in [0.2, 0.25) is 5.02 Å². The van der Waals surface area contributed by atoms with Crippen LogP contribution < -0.4 is 21.5 Å². The zero-order chi connectivity index (χ0) is 25.5. The van der Waals surface area contributed by atoms with Gasteiger partial charge in [-0.05, 0) is 60.3 Å². The molecule has 1 aromatic heterocycles. The fourth-order valence-electron chi connectivity index (χ4n) is 4.08. The maximum absolute atomic E-state index is 12.2. The quantitative estimate of drug-likeness (QED) is 0.211. The standard InChI is InChI=1S/C26H26ClN5O3S/c1-2-35-22(33)15-29-25(34)18-13-21(27)24(28-14-18)31-32-26(36)30-23-19-9-5-3-7-16(19)11-12-17-8-4-6-10-20(17)23/h3-10,13-14,23H,2,11-12,15H2,1H3,(H,28,31)(H,29,34)(H2,30,32,36). The summed E-state index contributed by atoms with van der Waals surface area (Å²) in [4.78, 5) is 27.9. The van der Waals surface area contributed by atoms with E-state index in [1.165, 1.54) is 34.5 Å². The maximum atomic E-state index is 12.2. The third-order valence-corrected chi connectivity index (χ3v) is 6.28. The van der Waals surface area contributed by atoms with Crippen molar-refractivity contribution in [3.63, 3.8) is 0 Å². The van der Waals surface area contributed by atoms with Crippen molar-refractivity contribution >= 4 is 46.6 Å². The van der Waals surface area contributed by atoms with Crippen LogP contribution in [0.5, 0.6) is 0 Å². The van der Waals surface area contributed by atoms with Crippen LogP contribution in [0.3, 0.4) is 0 Å². The van der Waals surface area contributed by atoms with E-state index in [0.29, 0.717) is 10.9 Å². The number of hydrogen-bond acceptors (Lipinski definition) is 6. The highest BCUT2D eigenvalue weighted by Gasteiger charge is 2.24. The lowest BCUT2D eigenvalue weighted by molar-refractivity contribution is -0.141. The van der Waals surface area contributed by atoms with E-state index in [-0.39, 0.29) is 29.8 Å². The summed E-state index contributed by atoms with van der Waals surface area (Å²) in [7, 11) is 0. The van der Waals surface area contributed by atoms with Crippen molar-refractivity contribution in [1.82, 2.24) is 21.0 Å². The Morgan fingerprint density at radius 1 is 1.08 bits per heavy atom. The van der Waals surface area contributed by atoms with Crippen molar-refractivity contribution in [3.8, 4) is 0 Å². The number of carbonyl (C=O) groups is 2. The van der Waals surface area contributed by atoms with Crippen molar-refractivity contribution in [2.45, 2.75) is 25.8 Å². The fourth-order valence-corrected chi connectivity index (χ4v) is 4.47. The normalized spacial score (nSPS) is 12.4. The minimum absolute atomic E-state index is 0.115. The van der Waals surface area contributed by atoms with E-state index in [1.54, 1.807) is 6.92 Å². The summed E-state index contributed by atoms with van der Waals surface area (Å²) < 4.78 is 4.79. The second-order valence-electron chi connectivity index (χ2n) is 8.10. The Balaban J connectivity index is 1.40. The van der Waals surface area contributed by atoms with Crippen molar-refractivity contribution < 1.29 is 14.3 Å². The Hall–Kier alpha value is -3.69. The number of aromatic nitrogens is 1. The first kappa shape index (κ1) is 25.4. The van der Waals surface area contributed by atoms with E-state index >= 15 is 0 Å². The van der Waals surface area contributed by atoms with Gasteiger partial charge < -0.3 is 15.4 Å². The lowest BCUT2D eigenvalue weighted by atomic mass is 9.95. The number of hydrazine groups is 1. The van der Waals surface area contributed by atoms with E-state index in [9.17, 15) is 9.59 Å². The molecule has 4 rings (SSSR count). The summed E-state index contributed by atoms with van der Waals surface area (Å²) in [5.74, 6) is -0.711. The molecule has 0 atom stereocenters. The summed E-state index contributed by atoms with van der Waals surface area (Å²) in [5.41, 5.74) is 11.0. The average Bonchev–Trinajstić information content (AvgIpc) is 3.04. The second kappa shape index (κ2) is 11.8. The number of halogens is 1. The van der Waals surface area contributed by atoms with Crippen LogP contribution in [0.1, 0.15) is 45.6 Å². The molecule has 0 radical (unpaired) electrons. The van der Waals surface area contributed by atoms with E-state index in [1.807, 2.05) is 12.1 Å². The summed E-state index contributed by atoms with van der Waals surface area (Å²) in [5, 5.41) is 6.44. The second-order valence-corrected chi connectivity index (χ2v) is 8.91. The third kappa shape index (κ3) is 6.10. The van der Waals surface area contributed by atoms with Gasteiger partial charge in [0.2, 0.25) is 0 Å². The summed E-state index contributed by atoms with van der Waals surface area (Å²) >= 11 is 11.9. The predicted molar refractivity (Wildman–Crippen MR) is 143 cm³/mol. The molecule has 0 fully saturated rings. The molecule has 8 nitrogen and oxygen atoms in total. The highest BCUT2D eigenvalue weighted by molar-refractivity contribution is 7.80. The number of benzene rings is 2. The summed E-state index contributed by atoms with van der Waals surface area (Å²) in [6, 6.07) is 18.1. The van der Waals surface area contributed by atoms with Gasteiger partial charge in [0.05, 0.1) is 23.2 Å². The van der Waals surface area contributed by atoms with Gasteiger partial charge in [-0.2, -0.15) is 0 Å². The molecule has 0 spiro atoms. The molecule has 0 saturated carbocycles. The van der Waals surface area contributed by atoms with Crippen LogP contribution >= 0.6 is 23.8 Å². The largest absolute Gasteiger partial charge is 0.465 e. The molecule has 1 heterocycles. The molecule has 0 unspecified atom stereocenters. The number of aryl methyl sites for hydroxylation is 2. The molecule has 1 amide bonds. The Labute approximate surface area is 219 Å². The number of esters is 1. The fraction of sp³-hybridized carbons (Fsp3) is 0.231. The number of rotatable bonds is 7. The Morgan fingerprint density at radius 3 is 2.33 bits per heavy atom. The molecule has 0 saturated heterocycles. The van der Waals surface area contributed by atoms with E-state index in [0.717, 1.165) is 12.8 Å². The highest BCUT2D eigenvalue weighted by atomic mass is 35.5. The van der Waals surface area contributed by atoms with E-state index < -0.39 is 11.9 Å². The SMILES string of the molecule is CCOC(=O)CNC(=O)c1cnc(NNC(=S)NC2c3ccccc3CCc3ccccc32)c(Cl)c1. The Kier molecular flexibility index (Phi) is 8.35. The number of amides is 1.